The molecule has 0 radical (unpaired) electrons. The van der Waals surface area contributed by atoms with Gasteiger partial charge < -0.3 is 4.90 Å². The third-order valence-corrected chi connectivity index (χ3v) is 4.26. The lowest BCUT2D eigenvalue weighted by Crippen LogP contribution is -2.33. The third kappa shape index (κ3) is 4.32. The van der Waals surface area contributed by atoms with Crippen LogP contribution in [0.2, 0.25) is 0 Å². The van der Waals surface area contributed by atoms with E-state index in [9.17, 15) is 4.79 Å². The molecule has 128 valence electrons. The Bertz CT molecular complexity index is 808. The van der Waals surface area contributed by atoms with E-state index in [1.54, 1.807) is 17.1 Å². The topological polar surface area (TPSA) is 51.0 Å². The molecule has 0 bridgehead atoms. The molecule has 25 heavy (non-hydrogen) atoms. The molecule has 2 heterocycles. The number of amides is 1. The van der Waals surface area contributed by atoms with Crippen LogP contribution < -0.4 is 0 Å². The Morgan fingerprint density at radius 2 is 1.80 bits per heavy atom. The summed E-state index contributed by atoms with van der Waals surface area (Å²) in [6.45, 7) is 3.13. The largest absolute Gasteiger partial charge is 0.333 e. The molecule has 0 fully saturated rings. The molecule has 0 unspecified atom stereocenters. The molecule has 3 aromatic rings. The molecule has 1 aromatic carbocycles. The highest BCUT2D eigenvalue weighted by Crippen LogP contribution is 2.12. The highest BCUT2D eigenvalue weighted by atomic mass is 16.2. The van der Waals surface area contributed by atoms with Crippen LogP contribution in [0.4, 0.5) is 0 Å². The molecular formula is C20H22N4O. The number of carbonyl (C=O) groups excluding carboxylic acids is 1. The molecule has 0 N–H and O–H groups in total. The standard InChI is InChI=1S/C20H22N4O/c1-16-14-19(22-23(16)2)20(25)24(15-18-8-11-21-12-9-18)13-10-17-6-4-3-5-7-17/h3-9,11-12,14H,10,13,15H2,1-2H3. The van der Waals surface area contributed by atoms with Crippen LogP contribution in [0.15, 0.2) is 60.9 Å². The fourth-order valence-corrected chi connectivity index (χ4v) is 2.70. The van der Waals surface area contributed by atoms with Crippen molar-refractivity contribution in [2.75, 3.05) is 6.54 Å². The SMILES string of the molecule is Cc1cc(C(=O)N(CCc2ccccc2)Cc2ccncc2)nn1C. The van der Waals surface area contributed by atoms with Crippen LogP contribution in [0, 0.1) is 6.92 Å². The normalized spacial score (nSPS) is 10.6. The summed E-state index contributed by atoms with van der Waals surface area (Å²) in [5.74, 6) is -0.0450. The molecule has 5 nitrogen and oxygen atoms in total. The molecule has 0 spiro atoms. The van der Waals surface area contributed by atoms with Crippen LogP contribution in [-0.4, -0.2) is 32.1 Å². The number of nitrogens with zero attached hydrogens (tertiary/aromatic N) is 4. The number of benzene rings is 1. The van der Waals surface area contributed by atoms with E-state index in [0.29, 0.717) is 18.8 Å². The summed E-state index contributed by atoms with van der Waals surface area (Å²) in [4.78, 5) is 18.9. The Morgan fingerprint density at radius 3 is 2.44 bits per heavy atom. The number of aromatic nitrogens is 3. The van der Waals surface area contributed by atoms with Gasteiger partial charge in [0.1, 0.15) is 0 Å². The fraction of sp³-hybridized carbons (Fsp3) is 0.250. The zero-order chi connectivity index (χ0) is 17.6. The Morgan fingerprint density at radius 1 is 1.08 bits per heavy atom. The number of hydrogen-bond donors (Lipinski definition) is 0. The van der Waals surface area contributed by atoms with Gasteiger partial charge in [0, 0.05) is 38.2 Å². The molecule has 0 saturated carbocycles. The lowest BCUT2D eigenvalue weighted by Gasteiger charge is -2.22. The quantitative estimate of drug-likeness (QED) is 0.696. The van der Waals surface area contributed by atoms with Gasteiger partial charge in [-0.2, -0.15) is 5.10 Å². The maximum atomic E-state index is 13.0. The summed E-state index contributed by atoms with van der Waals surface area (Å²) in [5, 5.41) is 4.34. The van der Waals surface area contributed by atoms with Crippen LogP contribution in [0.3, 0.4) is 0 Å². The first-order valence-corrected chi connectivity index (χ1v) is 8.36. The van der Waals surface area contributed by atoms with Gasteiger partial charge in [0.2, 0.25) is 0 Å². The summed E-state index contributed by atoms with van der Waals surface area (Å²) >= 11 is 0. The summed E-state index contributed by atoms with van der Waals surface area (Å²) < 4.78 is 1.73. The van der Waals surface area contributed by atoms with Crippen molar-refractivity contribution in [3.8, 4) is 0 Å². The number of rotatable bonds is 6. The Hall–Kier alpha value is -2.95. The minimum Gasteiger partial charge on any atom is -0.333 e. The van der Waals surface area contributed by atoms with E-state index >= 15 is 0 Å². The molecule has 0 aliphatic rings. The average Bonchev–Trinajstić information content (AvgIpc) is 2.98. The highest BCUT2D eigenvalue weighted by molar-refractivity contribution is 5.92. The Labute approximate surface area is 147 Å². The van der Waals surface area contributed by atoms with Gasteiger partial charge >= 0.3 is 0 Å². The van der Waals surface area contributed by atoms with Crippen molar-refractivity contribution in [2.24, 2.45) is 7.05 Å². The van der Waals surface area contributed by atoms with Crippen molar-refractivity contribution in [3.05, 3.63) is 83.4 Å². The third-order valence-electron chi connectivity index (χ3n) is 4.26. The summed E-state index contributed by atoms with van der Waals surface area (Å²) in [7, 11) is 1.85. The Balaban J connectivity index is 1.79. The number of carbonyl (C=O) groups is 1. The second kappa shape index (κ2) is 7.75. The van der Waals surface area contributed by atoms with Gasteiger partial charge in [-0.05, 0) is 42.7 Å². The van der Waals surface area contributed by atoms with Gasteiger partial charge in [0.25, 0.3) is 5.91 Å². The lowest BCUT2D eigenvalue weighted by molar-refractivity contribution is 0.0738. The number of pyridine rings is 1. The second-order valence-corrected chi connectivity index (χ2v) is 6.11. The van der Waals surface area contributed by atoms with Crippen molar-refractivity contribution < 1.29 is 4.79 Å². The van der Waals surface area contributed by atoms with E-state index in [4.69, 9.17) is 0 Å². The van der Waals surface area contributed by atoms with Crippen LogP contribution >= 0.6 is 0 Å². The molecular weight excluding hydrogens is 312 g/mol. The van der Waals surface area contributed by atoms with E-state index in [2.05, 4.69) is 22.2 Å². The van der Waals surface area contributed by atoms with Crippen molar-refractivity contribution in [1.82, 2.24) is 19.7 Å². The Kier molecular flexibility index (Phi) is 5.23. The predicted octanol–water partition coefficient (Wildman–Crippen LogP) is 3.01. The number of aryl methyl sites for hydroxylation is 2. The first-order chi connectivity index (χ1) is 12.1. The molecule has 3 rings (SSSR count). The first-order valence-electron chi connectivity index (χ1n) is 8.36. The van der Waals surface area contributed by atoms with Crippen LogP contribution in [-0.2, 0) is 20.0 Å². The smallest absolute Gasteiger partial charge is 0.274 e. The van der Waals surface area contributed by atoms with Crippen LogP contribution in [0.1, 0.15) is 27.3 Å². The van der Waals surface area contributed by atoms with E-state index in [1.165, 1.54) is 5.56 Å². The molecule has 0 saturated heterocycles. The van der Waals surface area contributed by atoms with Gasteiger partial charge in [0.05, 0.1) is 0 Å². The molecule has 0 aliphatic heterocycles. The first kappa shape index (κ1) is 16.9. The minimum absolute atomic E-state index is 0.0450. The predicted molar refractivity (Wildman–Crippen MR) is 97.1 cm³/mol. The maximum Gasteiger partial charge on any atom is 0.274 e. The highest BCUT2D eigenvalue weighted by Gasteiger charge is 2.19. The van der Waals surface area contributed by atoms with Crippen molar-refractivity contribution >= 4 is 5.91 Å². The lowest BCUT2D eigenvalue weighted by atomic mass is 10.1. The van der Waals surface area contributed by atoms with Gasteiger partial charge in [0.15, 0.2) is 5.69 Å². The number of hydrogen-bond acceptors (Lipinski definition) is 3. The second-order valence-electron chi connectivity index (χ2n) is 6.11. The molecule has 0 atom stereocenters. The summed E-state index contributed by atoms with van der Waals surface area (Å²) in [6, 6.07) is 15.9. The molecule has 2 aromatic heterocycles. The molecule has 0 aliphatic carbocycles. The van der Waals surface area contributed by atoms with Gasteiger partial charge in [-0.25, -0.2) is 0 Å². The van der Waals surface area contributed by atoms with E-state index < -0.39 is 0 Å². The summed E-state index contributed by atoms with van der Waals surface area (Å²) in [5.41, 5.74) is 3.73. The van der Waals surface area contributed by atoms with Crippen LogP contribution in [0.25, 0.3) is 0 Å². The molecule has 1 amide bonds. The van der Waals surface area contributed by atoms with E-state index in [0.717, 1.165) is 17.7 Å². The zero-order valence-electron chi connectivity index (χ0n) is 14.6. The van der Waals surface area contributed by atoms with Gasteiger partial charge in [-0.3, -0.25) is 14.5 Å². The maximum absolute atomic E-state index is 13.0. The summed E-state index contributed by atoms with van der Waals surface area (Å²) in [6.07, 6.45) is 4.31. The average molecular weight is 334 g/mol. The van der Waals surface area contributed by atoms with E-state index in [-0.39, 0.29) is 5.91 Å². The molecule has 5 heteroatoms. The van der Waals surface area contributed by atoms with Gasteiger partial charge in [-0.15, -0.1) is 0 Å². The fourth-order valence-electron chi connectivity index (χ4n) is 2.70. The van der Waals surface area contributed by atoms with E-state index in [1.807, 2.05) is 55.3 Å². The van der Waals surface area contributed by atoms with Gasteiger partial charge in [-0.1, -0.05) is 30.3 Å². The van der Waals surface area contributed by atoms with Crippen molar-refractivity contribution in [3.63, 3.8) is 0 Å². The van der Waals surface area contributed by atoms with Crippen LogP contribution in [0.5, 0.6) is 0 Å². The van der Waals surface area contributed by atoms with Crippen molar-refractivity contribution in [1.29, 1.82) is 0 Å². The monoisotopic (exact) mass is 334 g/mol. The zero-order valence-corrected chi connectivity index (χ0v) is 14.6. The van der Waals surface area contributed by atoms with Crippen molar-refractivity contribution in [2.45, 2.75) is 19.9 Å². The minimum atomic E-state index is -0.0450.